The molecule has 0 bridgehead atoms. The van der Waals surface area contributed by atoms with Gasteiger partial charge in [0.25, 0.3) is 5.91 Å². The molecule has 0 N–H and O–H groups in total. The summed E-state index contributed by atoms with van der Waals surface area (Å²) in [5.41, 5.74) is 1.37. The number of sulfonamides is 2. The van der Waals surface area contributed by atoms with Crippen molar-refractivity contribution in [2.45, 2.75) is 18.1 Å². The summed E-state index contributed by atoms with van der Waals surface area (Å²) in [5, 5.41) is 0.205. The van der Waals surface area contributed by atoms with Gasteiger partial charge in [0.05, 0.1) is 28.3 Å². The van der Waals surface area contributed by atoms with E-state index in [2.05, 4.69) is 4.98 Å². The van der Waals surface area contributed by atoms with Crippen molar-refractivity contribution in [3.05, 3.63) is 35.8 Å². The summed E-state index contributed by atoms with van der Waals surface area (Å²) in [6.45, 7) is 2.19. The van der Waals surface area contributed by atoms with Crippen LogP contribution in [0.2, 0.25) is 0 Å². The first-order valence-corrected chi connectivity index (χ1v) is 15.0. The maximum atomic E-state index is 14.2. The Hall–Kier alpha value is -2.35. The second kappa shape index (κ2) is 8.95. The van der Waals surface area contributed by atoms with Crippen molar-refractivity contribution >= 4 is 42.5 Å². The van der Waals surface area contributed by atoms with Gasteiger partial charge >= 0.3 is 0 Å². The molecule has 3 fully saturated rings. The zero-order valence-corrected chi connectivity index (χ0v) is 21.1. The Kier molecular flexibility index (Phi) is 6.22. The van der Waals surface area contributed by atoms with E-state index >= 15 is 0 Å². The van der Waals surface area contributed by atoms with E-state index in [1.165, 1.54) is 26.9 Å². The van der Waals surface area contributed by atoms with Crippen LogP contribution in [0.25, 0.3) is 10.9 Å². The molecule has 190 valence electrons. The fourth-order valence-corrected chi connectivity index (χ4v) is 7.44. The minimum atomic E-state index is -3.34. The van der Waals surface area contributed by atoms with Crippen LogP contribution in [0.4, 0.5) is 10.1 Å². The lowest BCUT2D eigenvalue weighted by atomic mass is 10.1. The fourth-order valence-electron chi connectivity index (χ4n) is 4.78. The molecule has 13 heteroatoms. The van der Waals surface area contributed by atoms with E-state index in [9.17, 15) is 26.0 Å². The fraction of sp³-hybridized carbons (Fsp3) is 0.545. The van der Waals surface area contributed by atoms with Crippen LogP contribution in [0.15, 0.2) is 24.4 Å². The number of rotatable bonds is 5. The van der Waals surface area contributed by atoms with Crippen molar-refractivity contribution in [2.75, 3.05) is 63.5 Å². The molecule has 5 rings (SSSR count). The summed E-state index contributed by atoms with van der Waals surface area (Å²) >= 11 is 0. The second-order valence-corrected chi connectivity index (χ2v) is 13.5. The lowest BCUT2D eigenvalue weighted by Gasteiger charge is -2.38. The third-order valence-electron chi connectivity index (χ3n) is 6.89. The molecule has 0 radical (unpaired) electrons. The molecular weight excluding hydrogens is 497 g/mol. The van der Waals surface area contributed by atoms with Gasteiger partial charge in [0.15, 0.2) is 0 Å². The number of amides is 1. The average Bonchev–Trinajstić information content (AvgIpc) is 3.69. The minimum absolute atomic E-state index is 0.202. The number of carbonyl (C=O) groups excluding carboxylic acids is 1. The number of hydrogen-bond acceptors (Lipinski definition) is 7. The molecule has 1 aromatic carbocycles. The summed E-state index contributed by atoms with van der Waals surface area (Å²) < 4.78 is 66.1. The van der Waals surface area contributed by atoms with Crippen molar-refractivity contribution < 1.29 is 26.0 Å². The van der Waals surface area contributed by atoms with Gasteiger partial charge in [0.2, 0.25) is 20.0 Å². The van der Waals surface area contributed by atoms with Crippen molar-refractivity contribution in [1.29, 1.82) is 0 Å². The van der Waals surface area contributed by atoms with Crippen LogP contribution >= 0.6 is 0 Å². The SMILES string of the molecule is CS(=O)(=O)N1CCN(C(=O)c2cnc3ccc(F)cc3c2N2CCN(S(=O)(=O)C3CC3)CC2)CC1. The van der Waals surface area contributed by atoms with Crippen LogP contribution in [-0.2, 0) is 20.0 Å². The molecule has 0 spiro atoms. The van der Waals surface area contributed by atoms with Crippen LogP contribution in [0, 0.1) is 5.82 Å². The number of fused-ring (bicyclic) bond motifs is 1. The Bertz CT molecular complexity index is 1360. The van der Waals surface area contributed by atoms with Gasteiger partial charge in [-0.3, -0.25) is 9.78 Å². The minimum Gasteiger partial charge on any atom is -0.368 e. The quantitative estimate of drug-likeness (QED) is 0.565. The van der Waals surface area contributed by atoms with Crippen LogP contribution in [0.1, 0.15) is 23.2 Å². The highest BCUT2D eigenvalue weighted by molar-refractivity contribution is 7.90. The summed E-state index contributed by atoms with van der Waals surface area (Å²) in [4.78, 5) is 21.5. The number of benzene rings is 1. The maximum absolute atomic E-state index is 14.2. The van der Waals surface area contributed by atoms with Crippen LogP contribution in [-0.4, -0.2) is 105 Å². The number of aromatic nitrogens is 1. The van der Waals surface area contributed by atoms with Crippen LogP contribution in [0.5, 0.6) is 0 Å². The molecule has 1 amide bonds. The third kappa shape index (κ3) is 4.74. The molecular formula is C22H28FN5O5S2. The zero-order chi connectivity index (χ0) is 25.0. The lowest BCUT2D eigenvalue weighted by molar-refractivity contribution is 0.0698. The van der Waals surface area contributed by atoms with Gasteiger partial charge in [-0.2, -0.15) is 8.61 Å². The first-order valence-electron chi connectivity index (χ1n) is 11.6. The lowest BCUT2D eigenvalue weighted by Crippen LogP contribution is -2.51. The van der Waals surface area contributed by atoms with E-state index < -0.39 is 25.9 Å². The second-order valence-electron chi connectivity index (χ2n) is 9.27. The van der Waals surface area contributed by atoms with E-state index in [0.717, 1.165) is 6.26 Å². The van der Waals surface area contributed by atoms with E-state index in [-0.39, 0.29) is 37.3 Å². The molecule has 2 aliphatic heterocycles. The highest BCUT2D eigenvalue weighted by Crippen LogP contribution is 2.35. The smallest absolute Gasteiger partial charge is 0.257 e. The van der Waals surface area contributed by atoms with Crippen LogP contribution in [0.3, 0.4) is 0 Å². The van der Waals surface area contributed by atoms with Crippen molar-refractivity contribution in [3.63, 3.8) is 0 Å². The topological polar surface area (TPSA) is 111 Å². The number of piperazine rings is 2. The summed E-state index contributed by atoms with van der Waals surface area (Å²) in [7, 11) is -6.64. The number of hydrogen-bond donors (Lipinski definition) is 0. The molecule has 10 nitrogen and oxygen atoms in total. The maximum Gasteiger partial charge on any atom is 0.257 e. The van der Waals surface area contributed by atoms with Gasteiger partial charge in [-0.1, -0.05) is 0 Å². The predicted molar refractivity (Wildman–Crippen MR) is 130 cm³/mol. The standard InChI is InChI=1S/C22H28FN5O5S2/c1-34(30,31)27-10-8-26(9-11-27)22(29)19-15-24-20-5-2-16(23)14-18(20)21(19)25-6-12-28(13-7-25)35(32,33)17-3-4-17/h2,5,14-15,17H,3-4,6-13H2,1H3. The number of pyridine rings is 1. The predicted octanol–water partition coefficient (Wildman–Crippen LogP) is 0.706. The van der Waals surface area contributed by atoms with Crippen molar-refractivity contribution in [1.82, 2.24) is 18.5 Å². The molecule has 1 saturated carbocycles. The number of halogens is 1. The molecule has 1 aliphatic carbocycles. The van der Waals surface area contributed by atoms with Gasteiger partial charge in [0.1, 0.15) is 5.82 Å². The first-order chi connectivity index (χ1) is 16.6. The number of carbonyl (C=O) groups is 1. The Morgan fingerprint density at radius 2 is 1.57 bits per heavy atom. The van der Waals surface area contributed by atoms with E-state index in [4.69, 9.17) is 0 Å². The Morgan fingerprint density at radius 1 is 0.943 bits per heavy atom. The van der Waals surface area contributed by atoms with Gasteiger partial charge in [0, 0.05) is 63.9 Å². The Labute approximate surface area is 204 Å². The highest BCUT2D eigenvalue weighted by Gasteiger charge is 2.41. The molecule has 0 atom stereocenters. The normalized spacial score (nSPS) is 21.0. The number of anilines is 1. The molecule has 3 heterocycles. The molecule has 2 aromatic rings. The molecule has 3 aliphatic rings. The molecule has 1 aromatic heterocycles. The van der Waals surface area contributed by atoms with Crippen molar-refractivity contribution in [2.24, 2.45) is 0 Å². The largest absolute Gasteiger partial charge is 0.368 e. The van der Waals surface area contributed by atoms with Gasteiger partial charge in [-0.15, -0.1) is 0 Å². The third-order valence-corrected chi connectivity index (χ3v) is 10.6. The summed E-state index contributed by atoms with van der Waals surface area (Å²) in [5.74, 6) is -0.762. The van der Waals surface area contributed by atoms with Gasteiger partial charge in [-0.25, -0.2) is 21.2 Å². The monoisotopic (exact) mass is 525 g/mol. The van der Waals surface area contributed by atoms with Gasteiger partial charge in [-0.05, 0) is 31.0 Å². The summed E-state index contributed by atoms with van der Waals surface area (Å²) in [6.07, 6.45) is 4.02. The highest BCUT2D eigenvalue weighted by atomic mass is 32.2. The molecule has 35 heavy (non-hydrogen) atoms. The molecule has 2 saturated heterocycles. The Morgan fingerprint density at radius 3 is 2.17 bits per heavy atom. The summed E-state index contributed by atoms with van der Waals surface area (Å²) in [6, 6.07) is 4.22. The van der Waals surface area contributed by atoms with Crippen molar-refractivity contribution in [3.8, 4) is 0 Å². The molecule has 0 unspecified atom stereocenters. The average molecular weight is 526 g/mol. The first kappa shape index (κ1) is 24.3. The van der Waals surface area contributed by atoms with Gasteiger partial charge < -0.3 is 9.80 Å². The Balaban J connectivity index is 1.45. The van der Waals surface area contributed by atoms with E-state index in [1.807, 2.05) is 4.90 Å². The zero-order valence-electron chi connectivity index (χ0n) is 19.4. The van der Waals surface area contributed by atoms with E-state index in [1.54, 1.807) is 11.0 Å². The van der Waals surface area contributed by atoms with E-state index in [0.29, 0.717) is 61.2 Å². The number of nitrogens with zero attached hydrogens (tertiary/aromatic N) is 5. The van der Waals surface area contributed by atoms with Crippen LogP contribution < -0.4 is 4.90 Å².